The van der Waals surface area contributed by atoms with Gasteiger partial charge in [0.05, 0.1) is 18.5 Å². The van der Waals surface area contributed by atoms with Crippen molar-refractivity contribution in [2.24, 2.45) is 0 Å². The highest BCUT2D eigenvalue weighted by atomic mass is 16.5. The van der Waals surface area contributed by atoms with E-state index in [4.69, 9.17) is 9.84 Å². The first-order chi connectivity index (χ1) is 9.28. The lowest BCUT2D eigenvalue weighted by Crippen LogP contribution is -2.13. The molecule has 5 nitrogen and oxygen atoms in total. The second-order valence-corrected chi connectivity index (χ2v) is 3.93. The summed E-state index contributed by atoms with van der Waals surface area (Å²) in [4.78, 5) is 15.5. The highest BCUT2D eigenvalue weighted by Crippen LogP contribution is 2.09. The first-order valence-corrected chi connectivity index (χ1v) is 5.80. The Morgan fingerprint density at radius 3 is 2.74 bits per heavy atom. The molecule has 0 saturated carbocycles. The third-order valence-corrected chi connectivity index (χ3v) is 2.44. The monoisotopic (exact) mass is 258 g/mol. The molecule has 2 rings (SSSR count). The molecule has 19 heavy (non-hydrogen) atoms. The summed E-state index contributed by atoms with van der Waals surface area (Å²) in [5, 5.41) is 11.5. The Bertz CT molecular complexity index is 543. The fourth-order valence-electron chi connectivity index (χ4n) is 1.52. The molecule has 0 spiro atoms. The van der Waals surface area contributed by atoms with Gasteiger partial charge in [-0.1, -0.05) is 30.3 Å². The zero-order chi connectivity index (χ0) is 13.5. The lowest BCUT2D eigenvalue weighted by atomic mass is 10.2. The van der Waals surface area contributed by atoms with Gasteiger partial charge in [-0.3, -0.25) is 10.3 Å². The van der Waals surface area contributed by atoms with Crippen LogP contribution < -0.4 is 5.32 Å². The predicted octanol–water partition coefficient (Wildman–Crippen LogP) is 2.32. The summed E-state index contributed by atoms with van der Waals surface area (Å²) in [7, 11) is 0. The zero-order valence-corrected chi connectivity index (χ0v) is 10.2. The lowest BCUT2D eigenvalue weighted by Gasteiger charge is -2.07. The Labute approximate surface area is 110 Å². The fourth-order valence-corrected chi connectivity index (χ4v) is 1.52. The van der Waals surface area contributed by atoms with Gasteiger partial charge in [-0.25, -0.2) is 4.79 Å². The van der Waals surface area contributed by atoms with Crippen molar-refractivity contribution in [3.63, 3.8) is 0 Å². The maximum atomic E-state index is 11.6. The molecule has 2 N–H and O–H groups in total. The highest BCUT2D eigenvalue weighted by Gasteiger charge is 2.04. The molecule has 0 fully saturated rings. The Morgan fingerprint density at radius 2 is 2.00 bits per heavy atom. The highest BCUT2D eigenvalue weighted by molar-refractivity contribution is 5.84. The number of pyridine rings is 1. The van der Waals surface area contributed by atoms with E-state index in [9.17, 15) is 4.79 Å². The Hall–Kier alpha value is -2.40. The third kappa shape index (κ3) is 4.08. The van der Waals surface area contributed by atoms with Crippen molar-refractivity contribution in [2.45, 2.75) is 13.2 Å². The van der Waals surface area contributed by atoms with Gasteiger partial charge in [-0.05, 0) is 17.2 Å². The number of aromatic nitrogens is 1. The molecule has 1 aromatic carbocycles. The lowest BCUT2D eigenvalue weighted by molar-refractivity contribution is 0.155. The summed E-state index contributed by atoms with van der Waals surface area (Å²) in [6.45, 7) is 0.0847. The summed E-state index contributed by atoms with van der Waals surface area (Å²) in [5.41, 5.74) is 2.03. The zero-order valence-electron chi connectivity index (χ0n) is 10.2. The van der Waals surface area contributed by atoms with E-state index in [-0.39, 0.29) is 13.2 Å². The molecule has 0 bridgehead atoms. The second kappa shape index (κ2) is 6.51. The average Bonchev–Trinajstić information content (AvgIpc) is 2.46. The number of hydrogen-bond donors (Lipinski definition) is 2. The summed E-state index contributed by atoms with van der Waals surface area (Å²) in [6.07, 6.45) is 2.46. The van der Waals surface area contributed by atoms with Gasteiger partial charge in [0.15, 0.2) is 0 Å². The number of nitrogens with one attached hydrogen (secondary N) is 1. The van der Waals surface area contributed by atoms with E-state index in [1.165, 1.54) is 12.4 Å². The van der Waals surface area contributed by atoms with Crippen LogP contribution >= 0.6 is 0 Å². The molecule has 5 heteroatoms. The van der Waals surface area contributed by atoms with Crippen molar-refractivity contribution < 1.29 is 14.6 Å². The van der Waals surface area contributed by atoms with Gasteiger partial charge >= 0.3 is 6.09 Å². The van der Waals surface area contributed by atoms with Crippen LogP contribution in [-0.2, 0) is 18.0 Å². The van der Waals surface area contributed by atoms with Crippen LogP contribution in [0.15, 0.2) is 48.8 Å². The van der Waals surface area contributed by atoms with E-state index < -0.39 is 6.09 Å². The topological polar surface area (TPSA) is 71.5 Å². The molecular formula is C14H14N2O3. The van der Waals surface area contributed by atoms with Crippen LogP contribution in [0.25, 0.3) is 0 Å². The first kappa shape index (κ1) is 13.0. The van der Waals surface area contributed by atoms with Crippen LogP contribution in [0.3, 0.4) is 0 Å². The number of benzene rings is 1. The van der Waals surface area contributed by atoms with Crippen LogP contribution in [0.1, 0.15) is 11.1 Å². The van der Waals surface area contributed by atoms with Crippen molar-refractivity contribution in [3.05, 3.63) is 59.9 Å². The number of rotatable bonds is 4. The minimum absolute atomic E-state index is 0.123. The van der Waals surface area contributed by atoms with Crippen LogP contribution in [0.4, 0.5) is 10.5 Å². The summed E-state index contributed by atoms with van der Waals surface area (Å²) in [6, 6.07) is 11.0. The van der Waals surface area contributed by atoms with Crippen LogP contribution in [0, 0.1) is 0 Å². The molecule has 2 aromatic rings. The molecule has 1 amide bonds. The normalized spacial score (nSPS) is 9.95. The van der Waals surface area contributed by atoms with Gasteiger partial charge in [-0.15, -0.1) is 0 Å². The van der Waals surface area contributed by atoms with E-state index in [1.54, 1.807) is 6.07 Å². The Balaban J connectivity index is 1.87. The quantitative estimate of drug-likeness (QED) is 0.882. The van der Waals surface area contributed by atoms with Gasteiger partial charge in [0.1, 0.15) is 6.61 Å². The summed E-state index contributed by atoms with van der Waals surface area (Å²) >= 11 is 0. The molecule has 0 saturated heterocycles. The number of ether oxygens (including phenoxy) is 1. The fraction of sp³-hybridized carbons (Fsp3) is 0.143. The number of nitrogens with zero attached hydrogens (tertiary/aromatic N) is 1. The summed E-state index contributed by atoms with van der Waals surface area (Å²) in [5.74, 6) is 0. The number of anilines is 1. The van der Waals surface area contributed by atoms with Gasteiger partial charge < -0.3 is 9.84 Å². The molecule has 0 unspecified atom stereocenters. The second-order valence-electron chi connectivity index (χ2n) is 3.93. The SMILES string of the molecule is O=C(Nc1cncc(CO)c1)OCc1ccccc1. The Kier molecular flexibility index (Phi) is 4.47. The number of carbonyl (C=O) groups excluding carboxylic acids is 1. The van der Waals surface area contributed by atoms with Gasteiger partial charge in [0.25, 0.3) is 0 Å². The molecule has 0 aliphatic rings. The van der Waals surface area contributed by atoms with E-state index in [0.717, 1.165) is 5.56 Å². The number of aliphatic hydroxyl groups excluding tert-OH is 1. The van der Waals surface area contributed by atoms with Crippen molar-refractivity contribution in [3.8, 4) is 0 Å². The molecule has 0 atom stereocenters. The molecule has 0 aliphatic carbocycles. The number of hydrogen-bond acceptors (Lipinski definition) is 4. The van der Waals surface area contributed by atoms with Gasteiger partial charge in [-0.2, -0.15) is 0 Å². The molecule has 1 heterocycles. The number of amides is 1. The molecule has 0 aliphatic heterocycles. The van der Waals surface area contributed by atoms with Gasteiger partial charge in [0.2, 0.25) is 0 Å². The largest absolute Gasteiger partial charge is 0.444 e. The van der Waals surface area contributed by atoms with Crippen LogP contribution in [0.2, 0.25) is 0 Å². The smallest absolute Gasteiger partial charge is 0.412 e. The predicted molar refractivity (Wildman–Crippen MR) is 70.4 cm³/mol. The minimum Gasteiger partial charge on any atom is -0.444 e. The third-order valence-electron chi connectivity index (χ3n) is 2.44. The van der Waals surface area contributed by atoms with E-state index in [1.807, 2.05) is 30.3 Å². The Morgan fingerprint density at radius 1 is 1.21 bits per heavy atom. The van der Waals surface area contributed by atoms with Gasteiger partial charge in [0, 0.05) is 6.20 Å². The maximum absolute atomic E-state index is 11.6. The van der Waals surface area contributed by atoms with Crippen LogP contribution in [0.5, 0.6) is 0 Å². The van der Waals surface area contributed by atoms with Crippen molar-refractivity contribution in [1.82, 2.24) is 4.98 Å². The molecular weight excluding hydrogens is 244 g/mol. The minimum atomic E-state index is -0.555. The van der Waals surface area contributed by atoms with Crippen LogP contribution in [-0.4, -0.2) is 16.2 Å². The molecule has 98 valence electrons. The molecule has 1 aromatic heterocycles. The standard InChI is InChI=1S/C14H14N2O3/c17-9-12-6-13(8-15-7-12)16-14(18)19-10-11-4-2-1-3-5-11/h1-8,17H,9-10H2,(H,16,18). The van der Waals surface area contributed by atoms with E-state index in [0.29, 0.717) is 11.3 Å². The van der Waals surface area contributed by atoms with E-state index >= 15 is 0 Å². The summed E-state index contributed by atoms with van der Waals surface area (Å²) < 4.78 is 5.07. The van der Waals surface area contributed by atoms with Crippen molar-refractivity contribution >= 4 is 11.8 Å². The molecule has 0 radical (unpaired) electrons. The first-order valence-electron chi connectivity index (χ1n) is 5.80. The van der Waals surface area contributed by atoms with E-state index in [2.05, 4.69) is 10.3 Å². The average molecular weight is 258 g/mol. The number of aliphatic hydroxyl groups is 1. The van der Waals surface area contributed by atoms with Crippen molar-refractivity contribution in [2.75, 3.05) is 5.32 Å². The van der Waals surface area contributed by atoms with Crippen molar-refractivity contribution in [1.29, 1.82) is 0 Å². The maximum Gasteiger partial charge on any atom is 0.412 e. The number of carbonyl (C=O) groups is 1.